The molecule has 1 saturated heterocycles. The average molecular weight is 433 g/mol. The second-order valence-corrected chi connectivity index (χ2v) is 12.5. The van der Waals surface area contributed by atoms with Crippen LogP contribution in [-0.2, 0) is 0 Å². The number of hydrogen-bond acceptors (Lipinski definition) is 3. The van der Waals surface area contributed by atoms with Crippen molar-refractivity contribution in [1.82, 2.24) is 10.6 Å². The highest BCUT2D eigenvalue weighted by atomic mass is 16.3. The molecule has 0 radical (unpaired) electrons. The third-order valence-electron chi connectivity index (χ3n) is 11.1. The van der Waals surface area contributed by atoms with Gasteiger partial charge in [0.1, 0.15) is 0 Å². The van der Waals surface area contributed by atoms with Crippen LogP contribution in [0.2, 0.25) is 0 Å². The molecule has 0 spiro atoms. The molecule has 31 heavy (non-hydrogen) atoms. The fourth-order valence-corrected chi connectivity index (χ4v) is 8.66. The predicted octanol–water partition coefficient (Wildman–Crippen LogP) is 6.11. The van der Waals surface area contributed by atoms with Crippen LogP contribution in [0, 0.1) is 40.4 Å². The van der Waals surface area contributed by atoms with Crippen molar-refractivity contribution < 1.29 is 5.11 Å². The van der Waals surface area contributed by atoms with Crippen molar-refractivity contribution in [2.45, 2.75) is 130 Å². The third-order valence-corrected chi connectivity index (χ3v) is 11.1. The Kier molecular flexibility index (Phi) is 7.46. The molecule has 4 rings (SSSR count). The van der Waals surface area contributed by atoms with Gasteiger partial charge in [-0.05, 0) is 98.3 Å². The van der Waals surface area contributed by atoms with Gasteiger partial charge in [-0.15, -0.1) is 0 Å². The van der Waals surface area contributed by atoms with E-state index >= 15 is 0 Å². The number of nitrogens with one attached hydrogen (secondary N) is 2. The highest BCUT2D eigenvalue weighted by Crippen LogP contribution is 2.70. The summed E-state index contributed by atoms with van der Waals surface area (Å²) >= 11 is 0. The first-order valence-electron chi connectivity index (χ1n) is 14.0. The largest absolute Gasteiger partial charge is 0.393 e. The van der Waals surface area contributed by atoms with Gasteiger partial charge in [0, 0.05) is 6.04 Å². The van der Waals surface area contributed by atoms with Gasteiger partial charge in [0.05, 0.1) is 12.3 Å². The zero-order valence-electron chi connectivity index (χ0n) is 21.3. The topological polar surface area (TPSA) is 44.3 Å². The minimum atomic E-state index is -0.0749. The van der Waals surface area contributed by atoms with Crippen LogP contribution in [0.4, 0.5) is 0 Å². The van der Waals surface area contributed by atoms with Crippen LogP contribution in [0.5, 0.6) is 0 Å². The van der Waals surface area contributed by atoms with Crippen molar-refractivity contribution in [2.75, 3.05) is 6.54 Å². The molecule has 4 aliphatic rings. The smallest absolute Gasteiger partial charge is 0.0605 e. The van der Waals surface area contributed by atoms with Gasteiger partial charge in [-0.1, -0.05) is 60.3 Å². The van der Waals surface area contributed by atoms with Crippen molar-refractivity contribution in [3.63, 3.8) is 0 Å². The highest BCUT2D eigenvalue weighted by molar-refractivity contribution is 5.15. The molecule has 3 heteroatoms. The molecule has 10 atom stereocenters. The fourth-order valence-electron chi connectivity index (χ4n) is 8.66. The first kappa shape index (κ1) is 24.0. The molecule has 1 heterocycles. The van der Waals surface area contributed by atoms with Crippen molar-refractivity contribution in [3.05, 3.63) is 0 Å². The summed E-state index contributed by atoms with van der Waals surface area (Å²) in [6.45, 7) is 13.4. The SMILES string of the molecule is CCC(C)C1CCCCNC1NC1C(C)CCCC1C12CCC1(C)CC(O)C(CC)C2. The van der Waals surface area contributed by atoms with Crippen molar-refractivity contribution in [3.8, 4) is 0 Å². The van der Waals surface area contributed by atoms with Crippen LogP contribution in [0.1, 0.15) is 112 Å². The van der Waals surface area contributed by atoms with E-state index in [0.717, 1.165) is 36.5 Å². The van der Waals surface area contributed by atoms with Gasteiger partial charge in [-0.2, -0.15) is 0 Å². The summed E-state index contributed by atoms with van der Waals surface area (Å²) in [5.74, 6) is 3.58. The highest BCUT2D eigenvalue weighted by Gasteiger charge is 2.64. The molecular formula is C28H52N2O. The summed E-state index contributed by atoms with van der Waals surface area (Å²) < 4.78 is 0. The summed E-state index contributed by atoms with van der Waals surface area (Å²) in [6.07, 6.45) is 16.1. The lowest BCUT2D eigenvalue weighted by Gasteiger charge is -2.69. The molecule has 0 bridgehead atoms. The van der Waals surface area contributed by atoms with E-state index in [1.165, 1.54) is 70.8 Å². The Labute approximate surface area is 192 Å². The summed E-state index contributed by atoms with van der Waals surface area (Å²) in [4.78, 5) is 0. The molecule has 1 aliphatic heterocycles. The third kappa shape index (κ3) is 4.26. The second kappa shape index (κ2) is 9.63. The molecular weight excluding hydrogens is 380 g/mol. The van der Waals surface area contributed by atoms with Crippen molar-refractivity contribution >= 4 is 0 Å². The number of aliphatic hydroxyl groups is 1. The van der Waals surface area contributed by atoms with Crippen LogP contribution in [0.15, 0.2) is 0 Å². The fraction of sp³-hybridized carbons (Fsp3) is 1.00. The summed E-state index contributed by atoms with van der Waals surface area (Å²) in [6, 6.07) is 0.628. The molecule has 3 aliphatic carbocycles. The van der Waals surface area contributed by atoms with Crippen molar-refractivity contribution in [1.29, 1.82) is 0 Å². The Balaban J connectivity index is 1.59. The number of rotatable bonds is 6. The van der Waals surface area contributed by atoms with Gasteiger partial charge in [-0.3, -0.25) is 5.32 Å². The normalized spacial score (nSPS) is 49.5. The van der Waals surface area contributed by atoms with Crippen LogP contribution < -0.4 is 10.6 Å². The van der Waals surface area contributed by atoms with E-state index in [4.69, 9.17) is 0 Å². The zero-order chi connectivity index (χ0) is 22.2. The first-order chi connectivity index (χ1) is 14.8. The van der Waals surface area contributed by atoms with Gasteiger partial charge >= 0.3 is 0 Å². The lowest BCUT2D eigenvalue weighted by atomic mass is 9.37. The minimum absolute atomic E-state index is 0.0749. The molecule has 0 amide bonds. The van der Waals surface area contributed by atoms with Crippen LogP contribution in [0.25, 0.3) is 0 Å². The van der Waals surface area contributed by atoms with E-state index in [0.29, 0.717) is 29.0 Å². The molecule has 4 fully saturated rings. The molecule has 3 nitrogen and oxygen atoms in total. The number of aliphatic hydroxyl groups excluding tert-OH is 1. The lowest BCUT2D eigenvalue weighted by molar-refractivity contribution is -0.207. The van der Waals surface area contributed by atoms with Crippen molar-refractivity contribution in [2.24, 2.45) is 40.4 Å². The van der Waals surface area contributed by atoms with E-state index in [2.05, 4.69) is 45.3 Å². The summed E-state index contributed by atoms with van der Waals surface area (Å²) in [7, 11) is 0. The minimum Gasteiger partial charge on any atom is -0.393 e. The Morgan fingerprint density at radius 2 is 1.87 bits per heavy atom. The molecule has 0 aromatic carbocycles. The standard InChI is InChI=1S/C28H52N2O/c1-6-19(3)22-12-8-9-16-29-26(22)30-25-20(4)11-10-13-23(25)28-15-14-27(28,5)18-24(31)21(7-2)17-28/h19-26,29-31H,6-18H2,1-5H3. The van der Waals surface area contributed by atoms with Gasteiger partial charge in [0.2, 0.25) is 0 Å². The summed E-state index contributed by atoms with van der Waals surface area (Å²) in [5, 5.41) is 19.2. The van der Waals surface area contributed by atoms with Gasteiger partial charge in [0.25, 0.3) is 0 Å². The maximum atomic E-state index is 10.9. The molecule has 10 unspecified atom stereocenters. The number of fused-ring (bicyclic) bond motifs is 1. The maximum Gasteiger partial charge on any atom is 0.0605 e. The lowest BCUT2D eigenvalue weighted by Crippen LogP contribution is -2.67. The van der Waals surface area contributed by atoms with Crippen LogP contribution in [-0.4, -0.2) is 30.0 Å². The predicted molar refractivity (Wildman–Crippen MR) is 131 cm³/mol. The van der Waals surface area contributed by atoms with E-state index in [-0.39, 0.29) is 6.10 Å². The molecule has 0 aromatic heterocycles. The van der Waals surface area contributed by atoms with Crippen LogP contribution in [0.3, 0.4) is 0 Å². The Morgan fingerprint density at radius 1 is 1.06 bits per heavy atom. The van der Waals surface area contributed by atoms with E-state index in [1.54, 1.807) is 0 Å². The summed E-state index contributed by atoms with van der Waals surface area (Å²) in [5.41, 5.74) is 0.808. The molecule has 180 valence electrons. The van der Waals surface area contributed by atoms with Gasteiger partial charge < -0.3 is 10.4 Å². The van der Waals surface area contributed by atoms with Gasteiger partial charge in [-0.25, -0.2) is 0 Å². The average Bonchev–Trinajstić information content (AvgIpc) is 2.99. The van der Waals surface area contributed by atoms with Crippen LogP contribution >= 0.6 is 0 Å². The number of hydrogen-bond donors (Lipinski definition) is 3. The van der Waals surface area contributed by atoms with E-state index < -0.39 is 0 Å². The second-order valence-electron chi connectivity index (χ2n) is 12.5. The Hall–Kier alpha value is -0.120. The monoisotopic (exact) mass is 432 g/mol. The molecule has 3 saturated carbocycles. The quantitative estimate of drug-likeness (QED) is 0.474. The molecule has 3 N–H and O–H groups in total. The zero-order valence-corrected chi connectivity index (χ0v) is 21.3. The van der Waals surface area contributed by atoms with E-state index in [9.17, 15) is 5.11 Å². The maximum absolute atomic E-state index is 10.9. The first-order valence-corrected chi connectivity index (χ1v) is 14.0. The molecule has 0 aromatic rings. The Bertz CT molecular complexity index is 596. The van der Waals surface area contributed by atoms with Gasteiger partial charge in [0.15, 0.2) is 0 Å². The Morgan fingerprint density at radius 3 is 2.55 bits per heavy atom. The van der Waals surface area contributed by atoms with E-state index in [1.807, 2.05) is 0 Å².